The van der Waals surface area contributed by atoms with E-state index in [0.717, 1.165) is 11.6 Å². The number of ether oxygens (including phenoxy) is 1. The zero-order valence-corrected chi connectivity index (χ0v) is 10.6. The molecule has 0 saturated heterocycles. The van der Waals surface area contributed by atoms with E-state index < -0.39 is 11.6 Å². The van der Waals surface area contributed by atoms with Crippen molar-refractivity contribution < 1.29 is 13.5 Å². The highest BCUT2D eigenvalue weighted by Crippen LogP contribution is 2.24. The fraction of sp³-hybridized carbons (Fsp3) is 0.200. The lowest BCUT2D eigenvalue weighted by atomic mass is 10.1. The second kappa shape index (κ2) is 5.80. The Balaban J connectivity index is 2.14. The molecule has 0 aromatic heterocycles. The van der Waals surface area contributed by atoms with E-state index in [-0.39, 0.29) is 12.6 Å². The third kappa shape index (κ3) is 3.51. The fourth-order valence-corrected chi connectivity index (χ4v) is 1.84. The maximum Gasteiger partial charge on any atom is 0.126 e. The van der Waals surface area contributed by atoms with Gasteiger partial charge in [0.1, 0.15) is 24.0 Å². The van der Waals surface area contributed by atoms with Crippen LogP contribution in [0.5, 0.6) is 5.75 Å². The van der Waals surface area contributed by atoms with Crippen LogP contribution < -0.4 is 10.5 Å². The summed E-state index contributed by atoms with van der Waals surface area (Å²) >= 11 is 0. The first kappa shape index (κ1) is 13.5. The van der Waals surface area contributed by atoms with Crippen LogP contribution in [0.1, 0.15) is 24.1 Å². The van der Waals surface area contributed by atoms with Crippen molar-refractivity contribution in [1.29, 1.82) is 0 Å². The molecule has 0 spiro atoms. The summed E-state index contributed by atoms with van der Waals surface area (Å²) in [6.07, 6.45) is 0. The molecule has 0 aliphatic heterocycles. The maximum atomic E-state index is 13.0. The molecule has 100 valence electrons. The zero-order valence-electron chi connectivity index (χ0n) is 10.6. The van der Waals surface area contributed by atoms with Gasteiger partial charge < -0.3 is 10.5 Å². The molecule has 19 heavy (non-hydrogen) atoms. The summed E-state index contributed by atoms with van der Waals surface area (Å²) in [7, 11) is 0. The van der Waals surface area contributed by atoms with Gasteiger partial charge in [-0.1, -0.05) is 18.2 Å². The molecular weight excluding hydrogens is 248 g/mol. The van der Waals surface area contributed by atoms with Crippen LogP contribution in [0.25, 0.3) is 0 Å². The summed E-state index contributed by atoms with van der Waals surface area (Å²) in [5, 5.41) is 0. The van der Waals surface area contributed by atoms with E-state index in [0.29, 0.717) is 11.3 Å². The Bertz CT molecular complexity index is 550. The van der Waals surface area contributed by atoms with Crippen molar-refractivity contribution in [2.24, 2.45) is 5.73 Å². The fourth-order valence-electron chi connectivity index (χ4n) is 1.84. The molecule has 0 heterocycles. The Morgan fingerprint density at radius 3 is 2.37 bits per heavy atom. The van der Waals surface area contributed by atoms with E-state index in [4.69, 9.17) is 10.5 Å². The average molecular weight is 263 g/mol. The van der Waals surface area contributed by atoms with E-state index in [1.54, 1.807) is 6.07 Å². The molecule has 1 atom stereocenters. The lowest BCUT2D eigenvalue weighted by Gasteiger charge is -2.13. The van der Waals surface area contributed by atoms with Gasteiger partial charge in [-0.3, -0.25) is 0 Å². The zero-order chi connectivity index (χ0) is 13.8. The summed E-state index contributed by atoms with van der Waals surface area (Å²) in [5.74, 6) is -0.597. The lowest BCUT2D eigenvalue weighted by Crippen LogP contribution is -2.08. The molecule has 2 nitrogen and oxygen atoms in total. The second-order valence-electron chi connectivity index (χ2n) is 4.39. The Hall–Kier alpha value is -1.94. The Morgan fingerprint density at radius 2 is 1.74 bits per heavy atom. The molecule has 0 aliphatic carbocycles. The number of hydrogen-bond donors (Lipinski definition) is 1. The monoisotopic (exact) mass is 263 g/mol. The smallest absolute Gasteiger partial charge is 0.126 e. The van der Waals surface area contributed by atoms with E-state index in [1.165, 1.54) is 12.1 Å². The molecule has 0 bridgehead atoms. The minimum absolute atomic E-state index is 0.0956. The second-order valence-corrected chi connectivity index (χ2v) is 4.39. The Morgan fingerprint density at radius 1 is 1.11 bits per heavy atom. The van der Waals surface area contributed by atoms with Crippen molar-refractivity contribution in [3.8, 4) is 5.75 Å². The first-order valence-corrected chi connectivity index (χ1v) is 5.98. The van der Waals surface area contributed by atoms with Gasteiger partial charge >= 0.3 is 0 Å². The van der Waals surface area contributed by atoms with E-state index in [1.807, 2.05) is 25.1 Å². The van der Waals surface area contributed by atoms with Crippen molar-refractivity contribution in [3.63, 3.8) is 0 Å². The topological polar surface area (TPSA) is 35.2 Å². The van der Waals surface area contributed by atoms with Crippen molar-refractivity contribution in [3.05, 3.63) is 65.2 Å². The van der Waals surface area contributed by atoms with Gasteiger partial charge in [-0.25, -0.2) is 8.78 Å². The molecule has 2 N–H and O–H groups in total. The van der Waals surface area contributed by atoms with Crippen LogP contribution in [0.4, 0.5) is 8.78 Å². The third-order valence-corrected chi connectivity index (χ3v) is 2.73. The molecule has 2 aromatic rings. The first-order valence-electron chi connectivity index (χ1n) is 5.98. The molecule has 2 aromatic carbocycles. The first-order chi connectivity index (χ1) is 9.06. The van der Waals surface area contributed by atoms with Crippen molar-refractivity contribution in [2.45, 2.75) is 19.6 Å². The number of rotatable bonds is 4. The predicted octanol–water partition coefficient (Wildman–Crippen LogP) is 3.56. The summed E-state index contributed by atoms with van der Waals surface area (Å²) < 4.78 is 31.7. The quantitative estimate of drug-likeness (QED) is 0.915. The predicted molar refractivity (Wildman–Crippen MR) is 69.7 cm³/mol. The average Bonchev–Trinajstić information content (AvgIpc) is 2.35. The van der Waals surface area contributed by atoms with Crippen LogP contribution in [-0.2, 0) is 6.61 Å². The van der Waals surface area contributed by atoms with Crippen LogP contribution >= 0.6 is 0 Å². The highest BCUT2D eigenvalue weighted by Gasteiger charge is 2.08. The molecule has 4 heteroatoms. The molecule has 1 unspecified atom stereocenters. The van der Waals surface area contributed by atoms with Gasteiger partial charge in [-0.2, -0.15) is 0 Å². The SMILES string of the molecule is CC(N)c1ccccc1OCc1cc(F)cc(F)c1. The minimum Gasteiger partial charge on any atom is -0.489 e. The van der Waals surface area contributed by atoms with Crippen molar-refractivity contribution in [2.75, 3.05) is 0 Å². The lowest BCUT2D eigenvalue weighted by molar-refractivity contribution is 0.300. The normalized spacial score (nSPS) is 12.2. The van der Waals surface area contributed by atoms with Gasteiger partial charge in [0.15, 0.2) is 0 Å². The Labute approximate surface area is 110 Å². The highest BCUT2D eigenvalue weighted by molar-refractivity contribution is 5.35. The number of nitrogens with two attached hydrogens (primary N) is 1. The van der Waals surface area contributed by atoms with Crippen molar-refractivity contribution in [1.82, 2.24) is 0 Å². The molecule has 0 amide bonds. The van der Waals surface area contributed by atoms with Gasteiger partial charge in [0, 0.05) is 17.7 Å². The van der Waals surface area contributed by atoms with Crippen LogP contribution in [0.3, 0.4) is 0 Å². The van der Waals surface area contributed by atoms with Gasteiger partial charge in [-0.05, 0) is 30.7 Å². The van der Waals surface area contributed by atoms with Crippen molar-refractivity contribution >= 4 is 0 Å². The highest BCUT2D eigenvalue weighted by atomic mass is 19.1. The van der Waals surface area contributed by atoms with Gasteiger partial charge in [-0.15, -0.1) is 0 Å². The number of halogens is 2. The summed E-state index contributed by atoms with van der Waals surface area (Å²) in [4.78, 5) is 0. The Kier molecular flexibility index (Phi) is 4.12. The summed E-state index contributed by atoms with van der Waals surface area (Å²) in [6.45, 7) is 1.95. The molecule has 0 saturated carbocycles. The van der Waals surface area contributed by atoms with E-state index >= 15 is 0 Å². The molecular formula is C15H15F2NO. The molecule has 0 radical (unpaired) electrons. The molecule has 2 rings (SSSR count). The van der Waals surface area contributed by atoms with Crippen LogP contribution in [0, 0.1) is 11.6 Å². The van der Waals surface area contributed by atoms with Gasteiger partial charge in [0.2, 0.25) is 0 Å². The van der Waals surface area contributed by atoms with Crippen LogP contribution in [0.2, 0.25) is 0 Å². The summed E-state index contributed by atoms with van der Waals surface area (Å²) in [6, 6.07) is 10.5. The van der Waals surface area contributed by atoms with E-state index in [9.17, 15) is 8.78 Å². The third-order valence-electron chi connectivity index (χ3n) is 2.73. The number of para-hydroxylation sites is 1. The standard InChI is InChI=1S/C15H15F2NO/c1-10(18)14-4-2-3-5-15(14)19-9-11-6-12(16)8-13(17)7-11/h2-8,10H,9,18H2,1H3. The van der Waals surface area contributed by atoms with Gasteiger partial charge in [0.25, 0.3) is 0 Å². The maximum absolute atomic E-state index is 13.0. The number of benzene rings is 2. The minimum atomic E-state index is -0.612. The number of hydrogen-bond acceptors (Lipinski definition) is 2. The molecule has 0 fully saturated rings. The van der Waals surface area contributed by atoms with Crippen LogP contribution in [-0.4, -0.2) is 0 Å². The van der Waals surface area contributed by atoms with Crippen LogP contribution in [0.15, 0.2) is 42.5 Å². The van der Waals surface area contributed by atoms with Gasteiger partial charge in [0.05, 0.1) is 0 Å². The summed E-state index contributed by atoms with van der Waals surface area (Å²) in [5.41, 5.74) is 7.13. The largest absolute Gasteiger partial charge is 0.489 e. The molecule has 0 aliphatic rings. The van der Waals surface area contributed by atoms with E-state index in [2.05, 4.69) is 0 Å².